The van der Waals surface area contributed by atoms with E-state index in [0.717, 1.165) is 29.9 Å². The number of hydrogen-bond acceptors (Lipinski definition) is 3. The van der Waals surface area contributed by atoms with Crippen LogP contribution >= 0.6 is 0 Å². The molecule has 1 atom stereocenters. The van der Waals surface area contributed by atoms with Crippen molar-refractivity contribution < 1.29 is 19.1 Å². The van der Waals surface area contributed by atoms with Crippen LogP contribution < -0.4 is 4.90 Å². The first-order valence-corrected chi connectivity index (χ1v) is 6.64. The minimum absolute atomic E-state index is 0.133. The second-order valence-corrected chi connectivity index (χ2v) is 5.25. The van der Waals surface area contributed by atoms with Crippen LogP contribution in [0.1, 0.15) is 24.8 Å². The van der Waals surface area contributed by atoms with E-state index in [0.29, 0.717) is 18.5 Å². The minimum Gasteiger partial charge on any atom is -0.508 e. The molecule has 2 saturated heterocycles. The van der Waals surface area contributed by atoms with Gasteiger partial charge in [0.2, 0.25) is 0 Å². The van der Waals surface area contributed by atoms with Gasteiger partial charge in [0.15, 0.2) is 0 Å². The summed E-state index contributed by atoms with van der Waals surface area (Å²) in [6.07, 6.45) is 2.35. The first kappa shape index (κ1) is 12.9. The van der Waals surface area contributed by atoms with E-state index in [1.165, 1.54) is 4.90 Å². The maximum absolute atomic E-state index is 14.0. The van der Waals surface area contributed by atoms with Crippen molar-refractivity contribution in [2.24, 2.45) is 0 Å². The highest BCUT2D eigenvalue weighted by molar-refractivity contribution is 6.21. The molecule has 20 heavy (non-hydrogen) atoms. The van der Waals surface area contributed by atoms with Gasteiger partial charge in [-0.1, -0.05) is 0 Å². The van der Waals surface area contributed by atoms with Crippen LogP contribution in [0.25, 0.3) is 0 Å². The van der Waals surface area contributed by atoms with E-state index in [1.54, 1.807) is 6.92 Å². The molecule has 5 nitrogen and oxygen atoms in total. The summed E-state index contributed by atoms with van der Waals surface area (Å²) in [7, 11) is 0. The highest BCUT2D eigenvalue weighted by Crippen LogP contribution is 2.34. The average Bonchev–Trinajstić information content (AvgIpc) is 2.68. The summed E-state index contributed by atoms with van der Waals surface area (Å²) in [5, 5.41) is 9.69. The van der Waals surface area contributed by atoms with Crippen LogP contribution in [-0.4, -0.2) is 34.5 Å². The number of carbonyl (C=O) groups excluding carboxylic acids is 2. The number of nitrogens with zero attached hydrogens (tertiary/aromatic N) is 2. The molecule has 0 saturated carbocycles. The molecule has 6 heteroatoms. The molecular weight excluding hydrogens is 263 g/mol. The van der Waals surface area contributed by atoms with Crippen molar-refractivity contribution in [3.8, 4) is 5.75 Å². The highest BCUT2D eigenvalue weighted by atomic mass is 19.1. The molecule has 2 fully saturated rings. The fourth-order valence-corrected chi connectivity index (χ4v) is 2.83. The summed E-state index contributed by atoms with van der Waals surface area (Å²) in [6.45, 7) is 2.07. The first-order valence-electron chi connectivity index (χ1n) is 6.64. The fraction of sp³-hybridized carbons (Fsp3) is 0.429. The van der Waals surface area contributed by atoms with Crippen LogP contribution in [0.15, 0.2) is 12.1 Å². The van der Waals surface area contributed by atoms with Gasteiger partial charge in [-0.3, -0.25) is 4.79 Å². The first-order chi connectivity index (χ1) is 9.50. The minimum atomic E-state index is -0.679. The van der Waals surface area contributed by atoms with Gasteiger partial charge in [-0.2, -0.15) is 0 Å². The van der Waals surface area contributed by atoms with Crippen molar-refractivity contribution in [2.75, 3.05) is 11.4 Å². The molecule has 3 rings (SSSR count). The zero-order chi connectivity index (χ0) is 14.4. The molecule has 1 aromatic carbocycles. The number of phenols is 1. The summed E-state index contributed by atoms with van der Waals surface area (Å²) in [5.74, 6) is -1.22. The van der Waals surface area contributed by atoms with Crippen LogP contribution in [0, 0.1) is 12.7 Å². The molecule has 3 amide bonds. The number of halogens is 1. The quantitative estimate of drug-likeness (QED) is 0.801. The number of benzene rings is 1. The number of phenolic OH excluding ortho intramolecular Hbond substituents is 1. The Kier molecular flexibility index (Phi) is 2.88. The van der Waals surface area contributed by atoms with Crippen LogP contribution in [0.3, 0.4) is 0 Å². The maximum Gasteiger partial charge on any atom is 0.332 e. The molecule has 2 aliphatic rings. The zero-order valence-electron chi connectivity index (χ0n) is 11.1. The molecule has 2 aliphatic heterocycles. The lowest BCUT2D eigenvalue weighted by molar-refractivity contribution is -0.120. The van der Waals surface area contributed by atoms with Crippen LogP contribution in [-0.2, 0) is 4.79 Å². The Balaban J connectivity index is 2.04. The molecule has 1 N–H and O–H groups in total. The third-order valence-electron chi connectivity index (χ3n) is 3.95. The Bertz CT molecular complexity index is 578. The normalized spacial score (nSPS) is 22.4. The third-order valence-corrected chi connectivity index (χ3v) is 3.95. The van der Waals surface area contributed by atoms with E-state index < -0.39 is 23.8 Å². The third kappa shape index (κ3) is 1.75. The Morgan fingerprint density at radius 2 is 2.05 bits per heavy atom. The number of amides is 3. The second-order valence-electron chi connectivity index (χ2n) is 5.25. The predicted octanol–water partition coefficient (Wildman–Crippen LogP) is 2.16. The van der Waals surface area contributed by atoms with Crippen molar-refractivity contribution in [1.82, 2.24) is 4.90 Å². The number of fused-ring (bicyclic) bond motifs is 1. The monoisotopic (exact) mass is 278 g/mol. The molecule has 106 valence electrons. The number of urea groups is 1. The topological polar surface area (TPSA) is 60.9 Å². The maximum atomic E-state index is 14.0. The van der Waals surface area contributed by atoms with Gasteiger partial charge in [-0.05, 0) is 37.8 Å². The van der Waals surface area contributed by atoms with Crippen LogP contribution in [0.5, 0.6) is 5.75 Å². The number of aromatic hydroxyl groups is 1. The Hall–Kier alpha value is -2.11. The average molecular weight is 278 g/mol. The number of rotatable bonds is 1. The molecule has 0 radical (unpaired) electrons. The van der Waals surface area contributed by atoms with Crippen molar-refractivity contribution in [1.29, 1.82) is 0 Å². The number of hydrogen-bond donors (Lipinski definition) is 1. The van der Waals surface area contributed by atoms with E-state index in [-0.39, 0.29) is 11.4 Å². The number of carbonyl (C=O) groups is 2. The van der Waals surface area contributed by atoms with Gasteiger partial charge < -0.3 is 10.0 Å². The van der Waals surface area contributed by atoms with E-state index in [1.807, 2.05) is 0 Å². The highest BCUT2D eigenvalue weighted by Gasteiger charge is 2.47. The van der Waals surface area contributed by atoms with Gasteiger partial charge in [-0.25, -0.2) is 14.1 Å². The molecule has 2 heterocycles. The SMILES string of the molecule is Cc1cc(F)c(N2C(=O)C3CCCCN3C2=O)cc1O. The standard InChI is InChI=1S/C14H15FN2O3/c1-8-6-9(15)11(7-12(8)18)17-13(19)10-4-2-3-5-16(10)14(17)20/h6-7,10,18H,2-5H2,1H3. The van der Waals surface area contributed by atoms with Gasteiger partial charge >= 0.3 is 6.03 Å². The Morgan fingerprint density at radius 1 is 1.30 bits per heavy atom. The van der Waals surface area contributed by atoms with Crippen molar-refractivity contribution in [3.63, 3.8) is 0 Å². The van der Waals surface area contributed by atoms with E-state index in [4.69, 9.17) is 0 Å². The van der Waals surface area contributed by atoms with Gasteiger partial charge in [0.1, 0.15) is 17.6 Å². The predicted molar refractivity (Wildman–Crippen MR) is 70.0 cm³/mol. The number of imide groups is 1. The second kappa shape index (κ2) is 4.47. The molecule has 0 bridgehead atoms. The van der Waals surface area contributed by atoms with Gasteiger partial charge in [0.05, 0.1) is 5.69 Å². The number of aryl methyl sites for hydroxylation is 1. The summed E-state index contributed by atoms with van der Waals surface area (Å²) < 4.78 is 14.0. The van der Waals surface area contributed by atoms with E-state index in [9.17, 15) is 19.1 Å². The summed E-state index contributed by atoms with van der Waals surface area (Å²) in [5.41, 5.74) is 0.195. The number of piperidine rings is 1. The van der Waals surface area contributed by atoms with Crippen LogP contribution in [0.2, 0.25) is 0 Å². The lowest BCUT2D eigenvalue weighted by atomic mass is 10.0. The van der Waals surface area contributed by atoms with E-state index in [2.05, 4.69) is 0 Å². The smallest absolute Gasteiger partial charge is 0.332 e. The molecule has 1 unspecified atom stereocenters. The Labute approximate surface area is 115 Å². The lowest BCUT2D eigenvalue weighted by Crippen LogP contribution is -2.39. The molecule has 1 aromatic rings. The van der Waals surface area contributed by atoms with Crippen molar-refractivity contribution in [3.05, 3.63) is 23.5 Å². The van der Waals surface area contributed by atoms with Gasteiger partial charge in [0, 0.05) is 12.6 Å². The molecule has 0 spiro atoms. The zero-order valence-corrected chi connectivity index (χ0v) is 11.1. The van der Waals surface area contributed by atoms with E-state index >= 15 is 0 Å². The van der Waals surface area contributed by atoms with Gasteiger partial charge in [0.25, 0.3) is 5.91 Å². The van der Waals surface area contributed by atoms with Crippen molar-refractivity contribution >= 4 is 17.6 Å². The lowest BCUT2D eigenvalue weighted by Gasteiger charge is -2.25. The van der Waals surface area contributed by atoms with Gasteiger partial charge in [-0.15, -0.1) is 0 Å². The molecular formula is C14H15FN2O3. The number of anilines is 1. The van der Waals surface area contributed by atoms with Crippen molar-refractivity contribution in [2.45, 2.75) is 32.2 Å². The summed E-state index contributed by atoms with van der Waals surface area (Å²) in [6, 6.07) is 1.28. The van der Waals surface area contributed by atoms with Crippen LogP contribution in [0.4, 0.5) is 14.9 Å². The fourth-order valence-electron chi connectivity index (χ4n) is 2.83. The summed E-state index contributed by atoms with van der Waals surface area (Å²) in [4.78, 5) is 26.9. The molecule has 0 aliphatic carbocycles. The Morgan fingerprint density at radius 3 is 2.75 bits per heavy atom. The summed E-state index contributed by atoms with van der Waals surface area (Å²) >= 11 is 0. The molecule has 0 aromatic heterocycles. The largest absolute Gasteiger partial charge is 0.508 e.